The zero-order valence-electron chi connectivity index (χ0n) is 6.59. The largest absolute Gasteiger partial charge is 0.477 e. The molecule has 0 fully saturated rings. The fourth-order valence-corrected chi connectivity index (χ4v) is 1.32. The van der Waals surface area contributed by atoms with Crippen LogP contribution in [0.4, 0.5) is 0 Å². The summed E-state index contributed by atoms with van der Waals surface area (Å²) >= 11 is 9.37. The zero-order valence-corrected chi connectivity index (χ0v) is 8.22. The van der Waals surface area contributed by atoms with Gasteiger partial charge in [-0.3, -0.25) is 10.1 Å². The number of nitrogens with zero attached hydrogens (tertiary/aromatic N) is 1. The van der Waals surface area contributed by atoms with Crippen LogP contribution in [0.25, 0.3) is 0 Å². The van der Waals surface area contributed by atoms with Crippen LogP contribution in [0, 0.1) is 10.1 Å². The molecule has 0 atom stereocenters. The van der Waals surface area contributed by atoms with Gasteiger partial charge in [0.2, 0.25) is 0 Å². The lowest BCUT2D eigenvalue weighted by Gasteiger charge is -2.06. The molecular formula is C7H3NO4S2. The van der Waals surface area contributed by atoms with Crippen molar-refractivity contribution < 1.29 is 14.8 Å². The third-order valence-electron chi connectivity index (χ3n) is 1.51. The van der Waals surface area contributed by atoms with Crippen molar-refractivity contribution in [1.29, 1.82) is 0 Å². The number of nitro groups is 1. The Kier molecular flexibility index (Phi) is 2.82. The molecule has 0 radical (unpaired) electrons. The van der Waals surface area contributed by atoms with E-state index in [1.807, 2.05) is 0 Å². The van der Waals surface area contributed by atoms with Crippen molar-refractivity contribution in [2.24, 2.45) is 0 Å². The van der Waals surface area contributed by atoms with Gasteiger partial charge in [0.15, 0.2) is 0 Å². The number of carboxylic acid groups (broad SMARTS) is 1. The summed E-state index contributed by atoms with van der Waals surface area (Å²) in [5.74, 6) is -1.39. The minimum Gasteiger partial charge on any atom is -0.477 e. The van der Waals surface area contributed by atoms with Crippen LogP contribution in [0.5, 0.6) is 0 Å². The number of hydrogen-bond acceptors (Lipinski definition) is 5. The van der Waals surface area contributed by atoms with Gasteiger partial charge in [-0.05, 0) is 12.2 Å². The highest BCUT2D eigenvalue weighted by Crippen LogP contribution is 2.17. The summed E-state index contributed by atoms with van der Waals surface area (Å²) < 4.78 is 0. The molecule has 0 saturated carbocycles. The molecule has 1 aliphatic carbocycles. The predicted molar refractivity (Wildman–Crippen MR) is 56.0 cm³/mol. The Balaban J connectivity index is 3.39. The monoisotopic (exact) mass is 229 g/mol. The first-order chi connectivity index (χ1) is 6.45. The van der Waals surface area contributed by atoms with Crippen molar-refractivity contribution in [3.63, 3.8) is 0 Å². The maximum absolute atomic E-state index is 10.6. The standard InChI is InChI=1S/C7H3NO4S2/c9-7(10)3-1-2-4(13)6(14)5(3)8(11)12/h1-2H,(H,9,10). The molecule has 0 unspecified atom stereocenters. The number of hydrogen-bond donors (Lipinski definition) is 1. The summed E-state index contributed by atoms with van der Waals surface area (Å²) in [6, 6.07) is 0. The lowest BCUT2D eigenvalue weighted by molar-refractivity contribution is -0.415. The third-order valence-corrected chi connectivity index (χ3v) is 2.39. The number of rotatable bonds is 2. The third kappa shape index (κ3) is 1.73. The average Bonchev–Trinajstić information content (AvgIpc) is 2.08. The molecule has 0 spiro atoms. The lowest BCUT2D eigenvalue weighted by Crippen LogP contribution is -2.23. The molecular weight excluding hydrogens is 226 g/mol. The second-order valence-electron chi connectivity index (χ2n) is 2.35. The number of carbonyl (C=O) groups is 1. The first-order valence-electron chi connectivity index (χ1n) is 3.34. The van der Waals surface area contributed by atoms with Crippen molar-refractivity contribution in [2.45, 2.75) is 0 Å². The van der Waals surface area contributed by atoms with E-state index >= 15 is 0 Å². The first-order valence-corrected chi connectivity index (χ1v) is 4.15. The van der Waals surface area contributed by atoms with Gasteiger partial charge in [0.05, 0.1) is 9.79 Å². The van der Waals surface area contributed by atoms with E-state index in [4.69, 9.17) is 17.3 Å². The fraction of sp³-hybridized carbons (Fsp3) is 0. The summed E-state index contributed by atoms with van der Waals surface area (Å²) in [5, 5.41) is 19.2. The minimum absolute atomic E-state index is 0.108. The molecule has 1 aliphatic rings. The van der Waals surface area contributed by atoms with Gasteiger partial charge in [0, 0.05) is 0 Å². The van der Waals surface area contributed by atoms with Crippen LogP contribution in [0.1, 0.15) is 0 Å². The van der Waals surface area contributed by atoms with Crippen molar-refractivity contribution in [3.05, 3.63) is 33.5 Å². The van der Waals surface area contributed by atoms with E-state index in [1.165, 1.54) is 6.08 Å². The van der Waals surface area contributed by atoms with Gasteiger partial charge in [-0.25, -0.2) is 4.79 Å². The minimum atomic E-state index is -1.39. The Hall–Kier alpha value is -1.47. The molecule has 0 heterocycles. The Bertz CT molecular complexity index is 421. The van der Waals surface area contributed by atoms with Crippen molar-refractivity contribution in [2.75, 3.05) is 0 Å². The van der Waals surface area contributed by atoms with E-state index in [2.05, 4.69) is 12.2 Å². The highest BCUT2D eigenvalue weighted by atomic mass is 32.1. The SMILES string of the molecule is O=C(O)C1=C([N+](=O)[O-])C(=S)C(=S)C=C1. The average molecular weight is 229 g/mol. The van der Waals surface area contributed by atoms with Gasteiger partial charge in [0.25, 0.3) is 0 Å². The smallest absolute Gasteiger partial charge is 0.342 e. The number of allylic oxidation sites excluding steroid dienone is 2. The molecule has 14 heavy (non-hydrogen) atoms. The maximum Gasteiger partial charge on any atom is 0.342 e. The van der Waals surface area contributed by atoms with Crippen LogP contribution < -0.4 is 0 Å². The highest BCUT2D eigenvalue weighted by Gasteiger charge is 2.31. The number of carboxylic acids is 1. The summed E-state index contributed by atoms with van der Waals surface area (Å²) in [5.41, 5.74) is -1.05. The Labute approximate surface area is 88.9 Å². The highest BCUT2D eigenvalue weighted by molar-refractivity contribution is 7.90. The molecule has 0 amide bonds. The van der Waals surface area contributed by atoms with Crippen molar-refractivity contribution in [3.8, 4) is 0 Å². The Morgan fingerprint density at radius 3 is 2.43 bits per heavy atom. The fourth-order valence-electron chi connectivity index (χ4n) is 0.906. The van der Waals surface area contributed by atoms with E-state index in [-0.39, 0.29) is 9.73 Å². The summed E-state index contributed by atoms with van der Waals surface area (Å²) in [7, 11) is 0. The quantitative estimate of drug-likeness (QED) is 0.430. The first kappa shape index (κ1) is 10.6. The van der Waals surface area contributed by atoms with E-state index < -0.39 is 22.2 Å². The van der Waals surface area contributed by atoms with Gasteiger partial charge >= 0.3 is 11.7 Å². The van der Waals surface area contributed by atoms with E-state index in [9.17, 15) is 14.9 Å². The van der Waals surface area contributed by atoms with Crippen LogP contribution in [-0.2, 0) is 4.79 Å². The summed E-state index contributed by atoms with van der Waals surface area (Å²) in [4.78, 5) is 20.2. The van der Waals surface area contributed by atoms with E-state index in [0.717, 1.165) is 6.08 Å². The molecule has 72 valence electrons. The van der Waals surface area contributed by atoms with Gasteiger partial charge in [0.1, 0.15) is 10.4 Å². The molecule has 7 heteroatoms. The topological polar surface area (TPSA) is 80.4 Å². The van der Waals surface area contributed by atoms with Crippen LogP contribution in [0.2, 0.25) is 0 Å². The zero-order chi connectivity index (χ0) is 10.9. The van der Waals surface area contributed by atoms with Gasteiger partial charge < -0.3 is 5.11 Å². The van der Waals surface area contributed by atoms with Crippen LogP contribution in [0.3, 0.4) is 0 Å². The normalized spacial score (nSPS) is 16.0. The number of aliphatic carboxylic acids is 1. The molecule has 5 nitrogen and oxygen atoms in total. The summed E-state index contributed by atoms with van der Waals surface area (Å²) in [6.45, 7) is 0. The second kappa shape index (κ2) is 3.72. The molecule has 0 aromatic carbocycles. The van der Waals surface area contributed by atoms with E-state index in [0.29, 0.717) is 0 Å². The molecule has 1 rings (SSSR count). The predicted octanol–water partition coefficient (Wildman–Crippen LogP) is 0.911. The van der Waals surface area contributed by atoms with E-state index in [1.54, 1.807) is 0 Å². The molecule has 0 bridgehead atoms. The van der Waals surface area contributed by atoms with Gasteiger partial charge in [-0.15, -0.1) is 0 Å². The molecule has 0 aliphatic heterocycles. The Morgan fingerprint density at radius 2 is 2.00 bits per heavy atom. The molecule has 0 aromatic rings. The summed E-state index contributed by atoms with van der Waals surface area (Å²) in [6.07, 6.45) is 2.35. The maximum atomic E-state index is 10.6. The molecule has 0 aromatic heterocycles. The van der Waals surface area contributed by atoms with Crippen LogP contribution in [-0.4, -0.2) is 25.7 Å². The lowest BCUT2D eigenvalue weighted by atomic mass is 10.0. The van der Waals surface area contributed by atoms with Crippen LogP contribution >= 0.6 is 24.4 Å². The van der Waals surface area contributed by atoms with Crippen molar-refractivity contribution in [1.82, 2.24) is 0 Å². The van der Waals surface area contributed by atoms with Crippen molar-refractivity contribution >= 4 is 40.1 Å². The molecule has 0 saturated heterocycles. The second-order valence-corrected chi connectivity index (χ2v) is 3.20. The Morgan fingerprint density at radius 1 is 1.43 bits per heavy atom. The van der Waals surface area contributed by atoms with Gasteiger partial charge in [-0.1, -0.05) is 24.4 Å². The molecule has 1 N–H and O–H groups in total. The van der Waals surface area contributed by atoms with Gasteiger partial charge in [-0.2, -0.15) is 0 Å². The number of thiocarbonyl (C=S) groups is 2. The van der Waals surface area contributed by atoms with Crippen LogP contribution in [0.15, 0.2) is 23.4 Å².